The Hall–Kier alpha value is -1.22. The molecule has 0 aromatic heterocycles. The molecule has 0 saturated carbocycles. The quantitative estimate of drug-likeness (QED) is 0.822. The van der Waals surface area contributed by atoms with E-state index >= 15 is 0 Å². The maximum atomic E-state index is 11.9. The number of benzene rings is 1. The molecule has 17 heavy (non-hydrogen) atoms. The number of carbonyl (C=O) groups is 1. The van der Waals surface area contributed by atoms with Gasteiger partial charge in [0.15, 0.2) is 0 Å². The summed E-state index contributed by atoms with van der Waals surface area (Å²) in [5, 5.41) is 2.95. The molecule has 0 saturated heterocycles. The second kappa shape index (κ2) is 6.50. The molecule has 0 bridgehead atoms. The van der Waals surface area contributed by atoms with Crippen molar-refractivity contribution in [1.29, 1.82) is 0 Å². The molecule has 1 aromatic carbocycles. The molecule has 0 aliphatic rings. The molecule has 94 valence electrons. The number of carbonyl (C=O) groups excluding carboxylic acids is 1. The first kappa shape index (κ1) is 13.8. The van der Waals surface area contributed by atoms with Gasteiger partial charge in [-0.25, -0.2) is 0 Å². The topological polar surface area (TPSA) is 38.3 Å². The lowest BCUT2D eigenvalue weighted by molar-refractivity contribution is 0.0938. The van der Waals surface area contributed by atoms with E-state index in [1.165, 1.54) is 0 Å². The first-order valence-corrected chi connectivity index (χ1v) is 6.05. The van der Waals surface area contributed by atoms with Crippen LogP contribution in [-0.2, 0) is 0 Å². The molecule has 4 heteroatoms. The molecule has 0 radical (unpaired) electrons. The Kier molecular flexibility index (Phi) is 5.29. The third-order valence-electron chi connectivity index (χ3n) is 2.39. The van der Waals surface area contributed by atoms with E-state index in [4.69, 9.17) is 16.3 Å². The van der Waals surface area contributed by atoms with E-state index in [1.54, 1.807) is 31.4 Å². The lowest BCUT2D eigenvalue weighted by atomic mass is 10.1. The Labute approximate surface area is 107 Å². The average Bonchev–Trinajstić information content (AvgIpc) is 2.27. The summed E-state index contributed by atoms with van der Waals surface area (Å²) in [5.74, 6) is 0.574. The fourth-order valence-electron chi connectivity index (χ4n) is 1.62. The molecule has 0 spiro atoms. The molecular formula is C13H18ClNO2. The van der Waals surface area contributed by atoms with Crippen molar-refractivity contribution in [3.63, 3.8) is 0 Å². The van der Waals surface area contributed by atoms with Crippen molar-refractivity contribution in [1.82, 2.24) is 5.32 Å². The Morgan fingerprint density at radius 2 is 2.18 bits per heavy atom. The van der Waals surface area contributed by atoms with Crippen LogP contribution in [0, 0.1) is 0 Å². The summed E-state index contributed by atoms with van der Waals surface area (Å²) in [6, 6.07) is 7.13. The highest BCUT2D eigenvalue weighted by atomic mass is 35.5. The van der Waals surface area contributed by atoms with Crippen LogP contribution in [0.3, 0.4) is 0 Å². The number of methoxy groups -OCH3 is 1. The number of alkyl halides is 1. The minimum atomic E-state index is -0.103. The summed E-state index contributed by atoms with van der Waals surface area (Å²) < 4.78 is 5.07. The van der Waals surface area contributed by atoms with Crippen LogP contribution in [0.5, 0.6) is 5.75 Å². The summed E-state index contributed by atoms with van der Waals surface area (Å²) >= 11 is 5.88. The minimum absolute atomic E-state index is 0.0515. The molecule has 1 amide bonds. The van der Waals surface area contributed by atoms with E-state index in [9.17, 15) is 4.79 Å². The van der Waals surface area contributed by atoms with Gasteiger partial charge in [-0.3, -0.25) is 4.79 Å². The first-order valence-electron chi connectivity index (χ1n) is 5.62. The van der Waals surface area contributed by atoms with Crippen molar-refractivity contribution in [3.05, 3.63) is 29.8 Å². The van der Waals surface area contributed by atoms with Gasteiger partial charge in [0.1, 0.15) is 5.75 Å². The molecule has 0 aliphatic carbocycles. The Bertz CT molecular complexity index is 379. The summed E-state index contributed by atoms with van der Waals surface area (Å²) in [6.45, 7) is 3.85. The third-order valence-corrected chi connectivity index (χ3v) is 2.57. The van der Waals surface area contributed by atoms with Crippen LogP contribution in [0.4, 0.5) is 0 Å². The van der Waals surface area contributed by atoms with Crippen LogP contribution < -0.4 is 10.1 Å². The fourth-order valence-corrected chi connectivity index (χ4v) is 1.88. The highest BCUT2D eigenvalue weighted by Crippen LogP contribution is 2.13. The standard InChI is InChI=1S/C13H18ClNO2/c1-9(14)7-10(2)15-13(16)11-5-4-6-12(8-11)17-3/h4-6,8-10H,7H2,1-3H3,(H,15,16). The lowest BCUT2D eigenvalue weighted by Crippen LogP contribution is -2.33. The van der Waals surface area contributed by atoms with Crippen molar-refractivity contribution in [2.24, 2.45) is 0 Å². The Morgan fingerprint density at radius 1 is 1.47 bits per heavy atom. The van der Waals surface area contributed by atoms with Gasteiger partial charge < -0.3 is 10.1 Å². The average molecular weight is 256 g/mol. The maximum Gasteiger partial charge on any atom is 0.251 e. The van der Waals surface area contributed by atoms with Crippen LogP contribution in [0.2, 0.25) is 0 Å². The number of amides is 1. The smallest absolute Gasteiger partial charge is 0.251 e. The van der Waals surface area contributed by atoms with Gasteiger partial charge in [0.2, 0.25) is 0 Å². The molecule has 3 nitrogen and oxygen atoms in total. The SMILES string of the molecule is COc1cccc(C(=O)NC(C)CC(C)Cl)c1. The molecule has 1 rings (SSSR count). The number of hydrogen-bond acceptors (Lipinski definition) is 2. The predicted octanol–water partition coefficient (Wildman–Crippen LogP) is 2.83. The van der Waals surface area contributed by atoms with Gasteiger partial charge >= 0.3 is 0 Å². The van der Waals surface area contributed by atoms with Crippen molar-refractivity contribution in [3.8, 4) is 5.75 Å². The highest BCUT2D eigenvalue weighted by Gasteiger charge is 2.12. The minimum Gasteiger partial charge on any atom is -0.497 e. The van der Waals surface area contributed by atoms with Gasteiger partial charge in [-0.2, -0.15) is 0 Å². The molecule has 0 aliphatic heterocycles. The van der Waals surface area contributed by atoms with E-state index in [1.807, 2.05) is 13.8 Å². The van der Waals surface area contributed by atoms with Gasteiger partial charge in [0, 0.05) is 17.0 Å². The van der Waals surface area contributed by atoms with Crippen LogP contribution >= 0.6 is 11.6 Å². The summed E-state index contributed by atoms with van der Waals surface area (Å²) in [5.41, 5.74) is 0.596. The summed E-state index contributed by atoms with van der Waals surface area (Å²) in [6.07, 6.45) is 0.747. The third kappa shape index (κ3) is 4.65. The van der Waals surface area contributed by atoms with E-state index in [-0.39, 0.29) is 17.3 Å². The normalized spacial score (nSPS) is 13.9. The largest absolute Gasteiger partial charge is 0.497 e. The van der Waals surface area contributed by atoms with Crippen molar-refractivity contribution in [2.75, 3.05) is 7.11 Å². The maximum absolute atomic E-state index is 11.9. The number of nitrogens with one attached hydrogen (secondary N) is 1. The van der Waals surface area contributed by atoms with Crippen LogP contribution in [0.1, 0.15) is 30.6 Å². The number of halogens is 1. The van der Waals surface area contributed by atoms with Crippen molar-refractivity contribution in [2.45, 2.75) is 31.7 Å². The molecule has 2 atom stereocenters. The predicted molar refractivity (Wildman–Crippen MR) is 69.9 cm³/mol. The molecule has 1 aromatic rings. The van der Waals surface area contributed by atoms with Crippen molar-refractivity contribution < 1.29 is 9.53 Å². The zero-order chi connectivity index (χ0) is 12.8. The van der Waals surface area contributed by atoms with Gasteiger partial charge in [-0.05, 0) is 38.5 Å². The van der Waals surface area contributed by atoms with Gasteiger partial charge in [-0.15, -0.1) is 11.6 Å². The molecule has 0 heterocycles. The van der Waals surface area contributed by atoms with E-state index < -0.39 is 0 Å². The monoisotopic (exact) mass is 255 g/mol. The summed E-state index contributed by atoms with van der Waals surface area (Å²) in [4.78, 5) is 11.9. The number of ether oxygens (including phenoxy) is 1. The summed E-state index contributed by atoms with van der Waals surface area (Å²) in [7, 11) is 1.58. The van der Waals surface area contributed by atoms with E-state index in [2.05, 4.69) is 5.32 Å². The second-order valence-electron chi connectivity index (χ2n) is 4.12. The first-order chi connectivity index (χ1) is 8.02. The number of rotatable bonds is 5. The molecule has 0 fully saturated rings. The zero-order valence-corrected chi connectivity index (χ0v) is 11.1. The van der Waals surface area contributed by atoms with Gasteiger partial charge in [0.25, 0.3) is 5.91 Å². The van der Waals surface area contributed by atoms with Crippen molar-refractivity contribution >= 4 is 17.5 Å². The second-order valence-corrected chi connectivity index (χ2v) is 4.87. The van der Waals surface area contributed by atoms with E-state index in [0.717, 1.165) is 6.42 Å². The Balaban J connectivity index is 2.63. The van der Waals surface area contributed by atoms with Crippen LogP contribution in [0.15, 0.2) is 24.3 Å². The van der Waals surface area contributed by atoms with Crippen LogP contribution in [-0.4, -0.2) is 24.4 Å². The lowest BCUT2D eigenvalue weighted by Gasteiger charge is -2.15. The molecular weight excluding hydrogens is 238 g/mol. The fraction of sp³-hybridized carbons (Fsp3) is 0.462. The van der Waals surface area contributed by atoms with Gasteiger partial charge in [-0.1, -0.05) is 6.07 Å². The van der Waals surface area contributed by atoms with Crippen LogP contribution in [0.25, 0.3) is 0 Å². The Morgan fingerprint density at radius 3 is 2.76 bits per heavy atom. The van der Waals surface area contributed by atoms with Gasteiger partial charge in [0.05, 0.1) is 7.11 Å². The highest BCUT2D eigenvalue weighted by molar-refractivity contribution is 6.20. The molecule has 1 N–H and O–H groups in total. The zero-order valence-electron chi connectivity index (χ0n) is 10.4. The molecule has 2 unspecified atom stereocenters. The number of hydrogen-bond donors (Lipinski definition) is 1. The van der Waals surface area contributed by atoms with E-state index in [0.29, 0.717) is 11.3 Å².